The van der Waals surface area contributed by atoms with E-state index in [0.29, 0.717) is 5.95 Å². The van der Waals surface area contributed by atoms with Gasteiger partial charge in [-0.15, -0.1) is 0 Å². The van der Waals surface area contributed by atoms with E-state index in [-0.39, 0.29) is 11.2 Å². The van der Waals surface area contributed by atoms with Gasteiger partial charge in [-0.2, -0.15) is 20.1 Å². The Kier molecular flexibility index (Phi) is 2.97. The third-order valence-electron chi connectivity index (χ3n) is 2.60. The van der Waals surface area contributed by atoms with E-state index in [1.807, 2.05) is 13.8 Å². The summed E-state index contributed by atoms with van der Waals surface area (Å²) in [6.07, 6.45) is 0.909. The second-order valence-corrected chi connectivity index (χ2v) is 4.02. The van der Waals surface area contributed by atoms with E-state index in [4.69, 9.17) is 17.3 Å². The van der Waals surface area contributed by atoms with Gasteiger partial charge in [0.1, 0.15) is 0 Å². The van der Waals surface area contributed by atoms with Gasteiger partial charge in [-0.3, -0.25) is 0 Å². The summed E-state index contributed by atoms with van der Waals surface area (Å²) in [5, 5.41) is 4.45. The SMILES string of the molecule is CCc1c(C)nn(-c2nc(N)nc(Cl)n2)c1C. The van der Waals surface area contributed by atoms with Crippen LogP contribution in [-0.2, 0) is 6.42 Å². The average Bonchev–Trinajstić information content (AvgIpc) is 2.52. The maximum absolute atomic E-state index is 5.75. The summed E-state index contributed by atoms with van der Waals surface area (Å²) in [6, 6.07) is 0. The van der Waals surface area contributed by atoms with Crippen LogP contribution >= 0.6 is 11.6 Å². The maximum Gasteiger partial charge on any atom is 0.256 e. The zero-order valence-electron chi connectivity index (χ0n) is 9.90. The first-order valence-corrected chi connectivity index (χ1v) is 5.63. The van der Waals surface area contributed by atoms with E-state index >= 15 is 0 Å². The van der Waals surface area contributed by atoms with Gasteiger partial charge in [0.2, 0.25) is 11.2 Å². The molecule has 0 saturated heterocycles. The van der Waals surface area contributed by atoms with E-state index in [1.165, 1.54) is 5.56 Å². The van der Waals surface area contributed by atoms with Crippen LogP contribution < -0.4 is 5.73 Å². The predicted octanol–water partition coefficient (Wildman–Crippen LogP) is 1.47. The molecule has 0 aromatic carbocycles. The lowest BCUT2D eigenvalue weighted by atomic mass is 10.1. The van der Waals surface area contributed by atoms with Crippen molar-refractivity contribution < 1.29 is 0 Å². The molecule has 2 heterocycles. The van der Waals surface area contributed by atoms with Crippen LogP contribution in [0.3, 0.4) is 0 Å². The molecule has 0 atom stereocenters. The third kappa shape index (κ3) is 2.08. The van der Waals surface area contributed by atoms with Crippen LogP contribution in [-0.4, -0.2) is 24.7 Å². The lowest BCUT2D eigenvalue weighted by Gasteiger charge is -2.03. The lowest BCUT2D eigenvalue weighted by molar-refractivity contribution is 0.766. The molecule has 2 aromatic rings. The van der Waals surface area contributed by atoms with Crippen molar-refractivity contribution in [3.63, 3.8) is 0 Å². The molecule has 0 amide bonds. The highest BCUT2D eigenvalue weighted by molar-refractivity contribution is 6.28. The molecule has 17 heavy (non-hydrogen) atoms. The van der Waals surface area contributed by atoms with Crippen LogP contribution in [0.1, 0.15) is 23.9 Å². The van der Waals surface area contributed by atoms with Crippen molar-refractivity contribution in [1.82, 2.24) is 24.7 Å². The quantitative estimate of drug-likeness (QED) is 0.875. The fourth-order valence-corrected chi connectivity index (χ4v) is 1.99. The molecule has 0 saturated carbocycles. The zero-order chi connectivity index (χ0) is 12.6. The Balaban J connectivity index is 2.60. The number of halogens is 1. The third-order valence-corrected chi connectivity index (χ3v) is 2.77. The van der Waals surface area contributed by atoms with E-state index in [0.717, 1.165) is 17.8 Å². The second kappa shape index (κ2) is 4.29. The molecule has 0 bridgehead atoms. The minimum Gasteiger partial charge on any atom is -0.368 e. The molecule has 0 radical (unpaired) electrons. The molecule has 0 unspecified atom stereocenters. The number of nitrogen functional groups attached to an aromatic ring is 1. The average molecular weight is 253 g/mol. The van der Waals surface area contributed by atoms with Crippen LogP contribution in [0.15, 0.2) is 0 Å². The van der Waals surface area contributed by atoms with E-state index in [1.54, 1.807) is 4.68 Å². The fraction of sp³-hybridized carbons (Fsp3) is 0.400. The Labute approximate surface area is 104 Å². The number of hydrogen-bond donors (Lipinski definition) is 1. The minimum atomic E-state index is 0.0677. The summed E-state index contributed by atoms with van der Waals surface area (Å²) in [4.78, 5) is 11.8. The number of aryl methyl sites for hydroxylation is 1. The van der Waals surface area contributed by atoms with Crippen LogP contribution in [0.2, 0.25) is 5.28 Å². The highest BCUT2D eigenvalue weighted by Crippen LogP contribution is 2.17. The number of aromatic nitrogens is 5. The topological polar surface area (TPSA) is 82.5 Å². The first-order valence-electron chi connectivity index (χ1n) is 5.25. The van der Waals surface area contributed by atoms with Crippen LogP contribution in [0, 0.1) is 13.8 Å². The largest absolute Gasteiger partial charge is 0.368 e. The molecule has 0 spiro atoms. The standard InChI is InChI=1S/C10H13ClN6/c1-4-7-5(2)16-17(6(7)3)10-14-8(11)13-9(12)15-10/h4H2,1-3H3,(H2,12,13,14,15). The Bertz CT molecular complexity index is 542. The molecule has 0 aliphatic rings. The molecule has 0 aliphatic carbocycles. The summed E-state index contributed by atoms with van der Waals surface area (Å²) < 4.78 is 1.64. The number of anilines is 1. The van der Waals surface area contributed by atoms with Gasteiger partial charge in [0, 0.05) is 5.69 Å². The lowest BCUT2D eigenvalue weighted by Crippen LogP contribution is -2.09. The summed E-state index contributed by atoms with van der Waals surface area (Å²) >= 11 is 5.75. The van der Waals surface area contributed by atoms with Crippen LogP contribution in [0.4, 0.5) is 5.95 Å². The predicted molar refractivity (Wildman–Crippen MR) is 65.2 cm³/mol. The molecular formula is C10H13ClN6. The van der Waals surface area contributed by atoms with E-state index in [9.17, 15) is 0 Å². The van der Waals surface area contributed by atoms with Gasteiger partial charge < -0.3 is 5.73 Å². The maximum atomic E-state index is 5.75. The number of rotatable bonds is 2. The molecule has 2 N–H and O–H groups in total. The van der Waals surface area contributed by atoms with Crippen molar-refractivity contribution in [3.05, 3.63) is 22.2 Å². The molecule has 2 rings (SSSR count). The number of nitrogens with two attached hydrogens (primary N) is 1. The normalized spacial score (nSPS) is 10.8. The molecule has 0 fully saturated rings. The highest BCUT2D eigenvalue weighted by atomic mass is 35.5. The summed E-state index contributed by atoms with van der Waals surface area (Å²) in [5.41, 5.74) is 8.67. The smallest absolute Gasteiger partial charge is 0.256 e. The molecule has 7 heteroatoms. The van der Waals surface area contributed by atoms with Crippen molar-refractivity contribution in [2.24, 2.45) is 0 Å². The molecule has 90 valence electrons. The highest BCUT2D eigenvalue weighted by Gasteiger charge is 2.14. The number of nitrogens with zero attached hydrogens (tertiary/aromatic N) is 5. The summed E-state index contributed by atoms with van der Waals surface area (Å²) in [6.45, 7) is 6.00. The van der Waals surface area contributed by atoms with Crippen molar-refractivity contribution >= 4 is 17.5 Å². The van der Waals surface area contributed by atoms with Crippen LogP contribution in [0.5, 0.6) is 0 Å². The van der Waals surface area contributed by atoms with Gasteiger partial charge in [0.25, 0.3) is 5.95 Å². The van der Waals surface area contributed by atoms with Gasteiger partial charge in [-0.1, -0.05) is 6.92 Å². The molecular weight excluding hydrogens is 240 g/mol. The fourth-order valence-electron chi connectivity index (χ4n) is 1.83. The van der Waals surface area contributed by atoms with Gasteiger partial charge in [0.15, 0.2) is 0 Å². The minimum absolute atomic E-state index is 0.0677. The molecule has 2 aromatic heterocycles. The number of hydrogen-bond acceptors (Lipinski definition) is 5. The first-order chi connectivity index (χ1) is 8.02. The van der Waals surface area contributed by atoms with Gasteiger partial charge in [0.05, 0.1) is 5.69 Å². The van der Waals surface area contributed by atoms with Crippen molar-refractivity contribution in [1.29, 1.82) is 0 Å². The Morgan fingerprint density at radius 3 is 2.47 bits per heavy atom. The summed E-state index contributed by atoms with van der Waals surface area (Å²) in [7, 11) is 0. The monoisotopic (exact) mass is 252 g/mol. The van der Waals surface area contributed by atoms with E-state index in [2.05, 4.69) is 27.0 Å². The Morgan fingerprint density at radius 1 is 1.24 bits per heavy atom. The zero-order valence-corrected chi connectivity index (χ0v) is 10.7. The molecule has 0 aliphatic heterocycles. The Hall–Kier alpha value is -1.69. The van der Waals surface area contributed by atoms with Gasteiger partial charge in [-0.05, 0) is 37.4 Å². The van der Waals surface area contributed by atoms with Crippen molar-refractivity contribution in [2.75, 3.05) is 5.73 Å². The van der Waals surface area contributed by atoms with Crippen LogP contribution in [0.25, 0.3) is 5.95 Å². The van der Waals surface area contributed by atoms with Crippen molar-refractivity contribution in [2.45, 2.75) is 27.2 Å². The van der Waals surface area contributed by atoms with Gasteiger partial charge >= 0.3 is 0 Å². The van der Waals surface area contributed by atoms with Gasteiger partial charge in [-0.25, -0.2) is 4.68 Å². The summed E-state index contributed by atoms with van der Waals surface area (Å²) in [5.74, 6) is 0.438. The first kappa shape index (κ1) is 11.8. The van der Waals surface area contributed by atoms with Crippen molar-refractivity contribution in [3.8, 4) is 5.95 Å². The molecule has 6 nitrogen and oxygen atoms in total. The van der Waals surface area contributed by atoms with E-state index < -0.39 is 0 Å². The second-order valence-electron chi connectivity index (χ2n) is 3.68. The Morgan fingerprint density at radius 2 is 1.94 bits per heavy atom.